The number of nitrogens with zero attached hydrogens (tertiary/aromatic N) is 2. The van der Waals surface area contributed by atoms with Gasteiger partial charge in [-0.15, -0.1) is 0 Å². The Kier molecular flexibility index (Phi) is 6.64. The second-order valence-electron chi connectivity index (χ2n) is 6.44. The molecule has 0 spiro atoms. The molecule has 2 rings (SSSR count). The van der Waals surface area contributed by atoms with E-state index < -0.39 is 0 Å². The van der Waals surface area contributed by atoms with Crippen molar-refractivity contribution in [1.82, 2.24) is 15.1 Å². The van der Waals surface area contributed by atoms with Crippen LogP contribution in [0.3, 0.4) is 0 Å². The summed E-state index contributed by atoms with van der Waals surface area (Å²) in [7, 11) is 0. The number of hydrogen-bond donors (Lipinski definition) is 1. The van der Waals surface area contributed by atoms with Crippen molar-refractivity contribution in [3.63, 3.8) is 0 Å². The average Bonchev–Trinajstić information content (AvgIpc) is 2.62. The molecule has 132 valence electrons. The average molecular weight is 331 g/mol. The fraction of sp³-hybridized carbons (Fsp3) is 0.579. The molecule has 1 heterocycles. The summed E-state index contributed by atoms with van der Waals surface area (Å²) in [6.45, 7) is 9.23. The fourth-order valence-electron chi connectivity index (χ4n) is 3.10. The summed E-state index contributed by atoms with van der Waals surface area (Å²) >= 11 is 0. The topological polar surface area (TPSA) is 52.7 Å². The maximum Gasteiger partial charge on any atom is 0.320 e. The molecule has 0 unspecified atom stereocenters. The van der Waals surface area contributed by atoms with E-state index in [0.29, 0.717) is 26.2 Å². The highest BCUT2D eigenvalue weighted by atomic mass is 16.2. The molecular formula is C19H29N3O2. The first kappa shape index (κ1) is 18.3. The molecule has 5 nitrogen and oxygen atoms in total. The van der Waals surface area contributed by atoms with Gasteiger partial charge in [0.05, 0.1) is 5.92 Å². The van der Waals surface area contributed by atoms with Crippen LogP contribution in [0, 0.1) is 12.8 Å². The van der Waals surface area contributed by atoms with Crippen molar-refractivity contribution in [2.24, 2.45) is 5.92 Å². The Morgan fingerprint density at radius 2 is 1.88 bits per heavy atom. The first-order chi connectivity index (χ1) is 11.5. The summed E-state index contributed by atoms with van der Waals surface area (Å²) in [5.41, 5.74) is 2.31. The molecule has 0 aliphatic carbocycles. The van der Waals surface area contributed by atoms with Crippen LogP contribution in [-0.4, -0.2) is 47.9 Å². The van der Waals surface area contributed by atoms with Crippen molar-refractivity contribution in [2.45, 2.75) is 40.2 Å². The first-order valence-electron chi connectivity index (χ1n) is 8.92. The second-order valence-corrected chi connectivity index (χ2v) is 6.44. The predicted molar refractivity (Wildman–Crippen MR) is 95.6 cm³/mol. The molecule has 1 fully saturated rings. The number of likely N-dealkylation sites (tertiary alicyclic amines) is 1. The highest BCUT2D eigenvalue weighted by molar-refractivity contribution is 5.80. The van der Waals surface area contributed by atoms with E-state index >= 15 is 0 Å². The molecule has 3 amide bonds. The van der Waals surface area contributed by atoms with Gasteiger partial charge in [-0.3, -0.25) is 4.79 Å². The smallest absolute Gasteiger partial charge is 0.320 e. The number of carbonyl (C=O) groups is 2. The van der Waals surface area contributed by atoms with E-state index in [4.69, 9.17) is 0 Å². The normalized spacial score (nSPS) is 17.5. The Morgan fingerprint density at radius 3 is 2.50 bits per heavy atom. The summed E-state index contributed by atoms with van der Waals surface area (Å²) < 4.78 is 0. The lowest BCUT2D eigenvalue weighted by Gasteiger charge is -2.35. The molecule has 1 N–H and O–H groups in total. The van der Waals surface area contributed by atoms with Gasteiger partial charge in [-0.1, -0.05) is 29.8 Å². The van der Waals surface area contributed by atoms with Crippen LogP contribution < -0.4 is 5.32 Å². The number of urea groups is 1. The van der Waals surface area contributed by atoms with Gasteiger partial charge in [0.1, 0.15) is 0 Å². The zero-order chi connectivity index (χ0) is 17.5. The zero-order valence-electron chi connectivity index (χ0n) is 15.0. The quantitative estimate of drug-likeness (QED) is 0.902. The van der Waals surface area contributed by atoms with Gasteiger partial charge in [-0.2, -0.15) is 0 Å². The molecule has 5 heteroatoms. The second kappa shape index (κ2) is 8.71. The van der Waals surface area contributed by atoms with E-state index in [-0.39, 0.29) is 17.9 Å². The number of aryl methyl sites for hydroxylation is 1. The molecule has 1 aromatic carbocycles. The molecule has 1 aliphatic heterocycles. The summed E-state index contributed by atoms with van der Waals surface area (Å²) in [6, 6.07) is 8.22. The number of hydrogen-bond acceptors (Lipinski definition) is 2. The highest BCUT2D eigenvalue weighted by Crippen LogP contribution is 2.18. The van der Waals surface area contributed by atoms with Gasteiger partial charge in [0.25, 0.3) is 0 Å². The van der Waals surface area contributed by atoms with Crippen LogP contribution in [-0.2, 0) is 11.3 Å². The van der Waals surface area contributed by atoms with Crippen molar-refractivity contribution in [1.29, 1.82) is 0 Å². The van der Waals surface area contributed by atoms with Gasteiger partial charge in [-0.25, -0.2) is 4.79 Å². The van der Waals surface area contributed by atoms with Crippen molar-refractivity contribution < 1.29 is 9.59 Å². The van der Waals surface area contributed by atoms with Crippen LogP contribution in [0.5, 0.6) is 0 Å². The lowest BCUT2D eigenvalue weighted by atomic mass is 9.97. The Labute approximate surface area is 145 Å². The maximum absolute atomic E-state index is 12.5. The van der Waals surface area contributed by atoms with E-state index in [1.807, 2.05) is 54.8 Å². The van der Waals surface area contributed by atoms with Crippen molar-refractivity contribution in [3.05, 3.63) is 35.4 Å². The van der Waals surface area contributed by atoms with Gasteiger partial charge in [-0.05, 0) is 39.2 Å². The number of amides is 3. The Bertz CT molecular complexity index is 552. The van der Waals surface area contributed by atoms with E-state index in [1.165, 1.54) is 5.56 Å². The number of piperidine rings is 1. The zero-order valence-corrected chi connectivity index (χ0v) is 15.0. The monoisotopic (exact) mass is 331 g/mol. The first-order valence-corrected chi connectivity index (χ1v) is 8.92. The molecule has 0 aromatic heterocycles. The molecule has 1 aliphatic rings. The molecule has 0 saturated carbocycles. The van der Waals surface area contributed by atoms with Crippen molar-refractivity contribution >= 4 is 11.9 Å². The van der Waals surface area contributed by atoms with Crippen molar-refractivity contribution in [3.8, 4) is 0 Å². The van der Waals surface area contributed by atoms with E-state index in [2.05, 4.69) is 5.32 Å². The number of nitrogens with one attached hydrogen (secondary N) is 1. The molecule has 1 atom stereocenters. The predicted octanol–water partition coefficient (Wildman–Crippen LogP) is 2.79. The molecule has 1 saturated heterocycles. The van der Waals surface area contributed by atoms with Gasteiger partial charge >= 0.3 is 6.03 Å². The maximum atomic E-state index is 12.5. The summed E-state index contributed by atoms with van der Waals surface area (Å²) in [6.07, 6.45) is 1.73. The third-order valence-corrected chi connectivity index (χ3v) is 4.68. The van der Waals surface area contributed by atoms with Crippen LogP contribution in [0.25, 0.3) is 0 Å². The van der Waals surface area contributed by atoms with Crippen LogP contribution in [0.15, 0.2) is 24.3 Å². The third kappa shape index (κ3) is 4.73. The summed E-state index contributed by atoms with van der Waals surface area (Å²) in [5.74, 6) is -0.0590. The Hall–Kier alpha value is -2.04. The largest absolute Gasteiger partial charge is 0.352 e. The minimum atomic E-state index is -0.108. The lowest BCUT2D eigenvalue weighted by molar-refractivity contribution is -0.126. The molecule has 0 bridgehead atoms. The van der Waals surface area contributed by atoms with E-state index in [0.717, 1.165) is 24.9 Å². The molecule has 24 heavy (non-hydrogen) atoms. The SMILES string of the molecule is CCN(CC)C(=O)N1CCC[C@H](C(=O)NCc2ccc(C)cc2)C1. The number of rotatable bonds is 5. The molecule has 0 radical (unpaired) electrons. The Morgan fingerprint density at radius 1 is 1.21 bits per heavy atom. The van der Waals surface area contributed by atoms with Crippen LogP contribution in [0.2, 0.25) is 0 Å². The minimum Gasteiger partial charge on any atom is -0.352 e. The summed E-state index contributed by atoms with van der Waals surface area (Å²) in [5, 5.41) is 3.01. The summed E-state index contributed by atoms with van der Waals surface area (Å²) in [4.78, 5) is 28.6. The van der Waals surface area contributed by atoms with Gasteiger partial charge in [0, 0.05) is 32.7 Å². The van der Waals surface area contributed by atoms with Crippen molar-refractivity contribution in [2.75, 3.05) is 26.2 Å². The van der Waals surface area contributed by atoms with E-state index in [1.54, 1.807) is 0 Å². The lowest BCUT2D eigenvalue weighted by Crippen LogP contribution is -2.50. The highest BCUT2D eigenvalue weighted by Gasteiger charge is 2.29. The number of carbonyl (C=O) groups excluding carboxylic acids is 2. The van der Waals surface area contributed by atoms with Crippen LogP contribution in [0.4, 0.5) is 4.79 Å². The standard InChI is InChI=1S/C19H29N3O2/c1-4-21(5-2)19(24)22-12-6-7-17(14-22)18(23)20-13-16-10-8-15(3)9-11-16/h8-11,17H,4-7,12-14H2,1-3H3,(H,20,23)/t17-/m0/s1. The van der Waals surface area contributed by atoms with Gasteiger partial charge in [0.2, 0.25) is 5.91 Å². The van der Waals surface area contributed by atoms with Gasteiger partial charge < -0.3 is 15.1 Å². The van der Waals surface area contributed by atoms with Crippen LogP contribution in [0.1, 0.15) is 37.8 Å². The minimum absolute atomic E-state index is 0.0487. The Balaban J connectivity index is 1.87. The van der Waals surface area contributed by atoms with E-state index in [9.17, 15) is 9.59 Å². The molecule has 1 aromatic rings. The third-order valence-electron chi connectivity index (χ3n) is 4.68. The van der Waals surface area contributed by atoms with Gasteiger partial charge in [0.15, 0.2) is 0 Å². The molecular weight excluding hydrogens is 302 g/mol. The fourth-order valence-corrected chi connectivity index (χ4v) is 3.10. The number of benzene rings is 1. The van der Waals surface area contributed by atoms with Crippen LogP contribution >= 0.6 is 0 Å².